The van der Waals surface area contributed by atoms with E-state index < -0.39 is 4.92 Å². The molecule has 0 spiro atoms. The molecule has 0 aliphatic heterocycles. The second-order valence-electron chi connectivity index (χ2n) is 3.93. The van der Waals surface area contributed by atoms with Crippen molar-refractivity contribution in [2.24, 2.45) is 0 Å². The van der Waals surface area contributed by atoms with E-state index in [1.54, 1.807) is 11.9 Å². The molecule has 2 N–H and O–H groups in total. The molecule has 2 rings (SSSR count). The van der Waals surface area contributed by atoms with Gasteiger partial charge in [-0.25, -0.2) is 4.98 Å². The van der Waals surface area contributed by atoms with Crippen molar-refractivity contribution in [3.8, 4) is 0 Å². The molecule has 0 bridgehead atoms. The molecule has 0 radical (unpaired) electrons. The lowest BCUT2D eigenvalue weighted by Crippen LogP contribution is -2.17. The number of nitrogens with two attached hydrogens (primary N) is 1. The van der Waals surface area contributed by atoms with Gasteiger partial charge in [0.05, 0.1) is 27.9 Å². The van der Waals surface area contributed by atoms with Gasteiger partial charge in [-0.1, -0.05) is 11.6 Å². The number of nitro groups is 1. The standard InChI is InChI=1S/C11H11ClN4O2S/c1-15(6-8-2-3-9(12)19-8)11-5-7(16(17)18)4-10(13)14-11/h2-5H,6H2,1H3,(H2,13,14). The molecular weight excluding hydrogens is 288 g/mol. The minimum Gasteiger partial charge on any atom is -0.383 e. The average Bonchev–Trinajstić information content (AvgIpc) is 2.73. The van der Waals surface area contributed by atoms with E-state index in [0.29, 0.717) is 16.7 Å². The molecule has 2 aromatic rings. The second-order valence-corrected chi connectivity index (χ2v) is 5.73. The Morgan fingerprint density at radius 3 is 2.84 bits per heavy atom. The van der Waals surface area contributed by atoms with Gasteiger partial charge in [0.25, 0.3) is 5.69 Å². The molecule has 0 aliphatic rings. The van der Waals surface area contributed by atoms with E-state index in [9.17, 15) is 10.1 Å². The SMILES string of the molecule is CN(Cc1ccc(Cl)s1)c1cc([N+](=O)[O-])cc(N)n1. The first kappa shape index (κ1) is 13.6. The summed E-state index contributed by atoms with van der Waals surface area (Å²) in [6.07, 6.45) is 0. The van der Waals surface area contributed by atoms with Crippen LogP contribution in [0.3, 0.4) is 0 Å². The van der Waals surface area contributed by atoms with Crippen LogP contribution >= 0.6 is 22.9 Å². The van der Waals surface area contributed by atoms with Gasteiger partial charge in [0, 0.05) is 11.9 Å². The highest BCUT2D eigenvalue weighted by Crippen LogP contribution is 2.26. The highest BCUT2D eigenvalue weighted by molar-refractivity contribution is 7.16. The van der Waals surface area contributed by atoms with Crippen LogP contribution in [0.25, 0.3) is 0 Å². The average molecular weight is 299 g/mol. The number of rotatable bonds is 4. The van der Waals surface area contributed by atoms with Crippen molar-refractivity contribution < 1.29 is 4.92 Å². The van der Waals surface area contributed by atoms with Crippen molar-refractivity contribution >= 4 is 40.3 Å². The number of pyridine rings is 1. The number of hydrogen-bond acceptors (Lipinski definition) is 6. The van der Waals surface area contributed by atoms with E-state index >= 15 is 0 Å². The van der Waals surface area contributed by atoms with Gasteiger partial charge in [-0.2, -0.15) is 0 Å². The Kier molecular flexibility index (Phi) is 3.87. The van der Waals surface area contributed by atoms with Crippen molar-refractivity contribution in [3.05, 3.63) is 43.6 Å². The smallest absolute Gasteiger partial charge is 0.276 e. The van der Waals surface area contributed by atoms with Crippen molar-refractivity contribution in [2.45, 2.75) is 6.54 Å². The van der Waals surface area contributed by atoms with Crippen LogP contribution in [-0.4, -0.2) is 17.0 Å². The van der Waals surface area contributed by atoms with E-state index in [0.717, 1.165) is 4.88 Å². The Morgan fingerprint density at radius 1 is 1.53 bits per heavy atom. The molecule has 0 unspecified atom stereocenters. The quantitative estimate of drug-likeness (QED) is 0.693. The topological polar surface area (TPSA) is 85.3 Å². The Morgan fingerprint density at radius 2 is 2.26 bits per heavy atom. The zero-order valence-corrected chi connectivity index (χ0v) is 11.6. The molecular formula is C11H11ClN4O2S. The molecule has 6 nitrogen and oxygen atoms in total. The lowest BCUT2D eigenvalue weighted by Gasteiger charge is -2.17. The fraction of sp³-hybridized carbons (Fsp3) is 0.182. The molecule has 0 fully saturated rings. The monoisotopic (exact) mass is 298 g/mol. The van der Waals surface area contributed by atoms with Gasteiger partial charge in [-0.3, -0.25) is 10.1 Å². The fourth-order valence-corrected chi connectivity index (χ4v) is 2.72. The maximum absolute atomic E-state index is 10.8. The maximum Gasteiger partial charge on any atom is 0.276 e. The van der Waals surface area contributed by atoms with Gasteiger partial charge >= 0.3 is 0 Å². The summed E-state index contributed by atoms with van der Waals surface area (Å²) in [6, 6.07) is 6.35. The summed E-state index contributed by atoms with van der Waals surface area (Å²) in [5, 5.41) is 10.8. The minimum atomic E-state index is -0.489. The van der Waals surface area contributed by atoms with Crippen molar-refractivity contribution in [1.82, 2.24) is 4.98 Å². The summed E-state index contributed by atoms with van der Waals surface area (Å²) in [6.45, 7) is 0.561. The molecule has 0 amide bonds. The van der Waals surface area contributed by atoms with Gasteiger partial charge in [0.15, 0.2) is 0 Å². The first-order chi connectivity index (χ1) is 8.95. The van der Waals surface area contributed by atoms with Crippen molar-refractivity contribution in [1.29, 1.82) is 0 Å². The third kappa shape index (κ3) is 3.33. The van der Waals surface area contributed by atoms with Crippen LogP contribution < -0.4 is 10.6 Å². The van der Waals surface area contributed by atoms with Gasteiger partial charge in [-0.15, -0.1) is 11.3 Å². The van der Waals surface area contributed by atoms with E-state index in [4.69, 9.17) is 17.3 Å². The number of aromatic nitrogens is 1. The fourth-order valence-electron chi connectivity index (χ4n) is 1.57. The van der Waals surface area contributed by atoms with Crippen LogP contribution in [0, 0.1) is 10.1 Å². The third-order valence-corrected chi connectivity index (χ3v) is 3.66. The van der Waals surface area contributed by atoms with E-state index in [-0.39, 0.29) is 11.5 Å². The normalized spacial score (nSPS) is 10.4. The summed E-state index contributed by atoms with van der Waals surface area (Å²) in [5.41, 5.74) is 5.50. The maximum atomic E-state index is 10.8. The zero-order chi connectivity index (χ0) is 14.0. The summed E-state index contributed by atoms with van der Waals surface area (Å²) in [7, 11) is 1.79. The Bertz CT molecular complexity index is 616. The molecule has 2 aromatic heterocycles. The summed E-state index contributed by atoms with van der Waals surface area (Å²) >= 11 is 7.31. The number of halogens is 1. The van der Waals surface area contributed by atoms with Crippen LogP contribution in [0.2, 0.25) is 4.34 Å². The molecule has 100 valence electrons. The van der Waals surface area contributed by atoms with Crippen LogP contribution in [0.1, 0.15) is 4.88 Å². The molecule has 0 saturated heterocycles. The lowest BCUT2D eigenvalue weighted by molar-refractivity contribution is -0.384. The molecule has 19 heavy (non-hydrogen) atoms. The Balaban J connectivity index is 2.23. The molecule has 0 aliphatic carbocycles. The summed E-state index contributed by atoms with van der Waals surface area (Å²) in [4.78, 5) is 17.2. The van der Waals surface area contributed by atoms with E-state index in [2.05, 4.69) is 4.98 Å². The number of anilines is 2. The third-order valence-electron chi connectivity index (χ3n) is 2.44. The van der Waals surface area contributed by atoms with Crippen LogP contribution in [0.4, 0.5) is 17.3 Å². The highest BCUT2D eigenvalue weighted by atomic mass is 35.5. The largest absolute Gasteiger partial charge is 0.383 e. The van der Waals surface area contributed by atoms with E-state index in [1.165, 1.54) is 23.5 Å². The Labute approximate surface area is 118 Å². The van der Waals surface area contributed by atoms with Crippen LogP contribution in [0.15, 0.2) is 24.3 Å². The van der Waals surface area contributed by atoms with Gasteiger partial charge in [-0.05, 0) is 12.1 Å². The first-order valence-corrected chi connectivity index (χ1v) is 6.52. The summed E-state index contributed by atoms with van der Waals surface area (Å²) < 4.78 is 0.704. The van der Waals surface area contributed by atoms with E-state index in [1.807, 2.05) is 12.1 Å². The van der Waals surface area contributed by atoms with Gasteiger partial charge in [0.1, 0.15) is 11.6 Å². The molecule has 2 heterocycles. The highest BCUT2D eigenvalue weighted by Gasteiger charge is 2.13. The minimum absolute atomic E-state index is 0.0708. The summed E-state index contributed by atoms with van der Waals surface area (Å²) in [5.74, 6) is 0.580. The zero-order valence-electron chi connectivity index (χ0n) is 10.0. The molecule has 0 atom stereocenters. The number of hydrogen-bond donors (Lipinski definition) is 1. The predicted molar refractivity (Wildman–Crippen MR) is 76.7 cm³/mol. The van der Waals surface area contributed by atoms with Crippen LogP contribution in [0.5, 0.6) is 0 Å². The first-order valence-electron chi connectivity index (χ1n) is 5.33. The van der Waals surface area contributed by atoms with Crippen molar-refractivity contribution in [3.63, 3.8) is 0 Å². The predicted octanol–water partition coefficient (Wildman–Crippen LogP) is 2.92. The molecule has 0 aromatic carbocycles. The number of nitrogen functional groups attached to an aromatic ring is 1. The van der Waals surface area contributed by atoms with Gasteiger partial charge in [0.2, 0.25) is 0 Å². The second kappa shape index (κ2) is 5.41. The van der Waals surface area contributed by atoms with Crippen molar-refractivity contribution in [2.75, 3.05) is 17.7 Å². The molecule has 8 heteroatoms. The van der Waals surface area contributed by atoms with Crippen LogP contribution in [-0.2, 0) is 6.54 Å². The molecule has 0 saturated carbocycles. The number of nitrogens with zero attached hydrogens (tertiary/aromatic N) is 3. The lowest BCUT2D eigenvalue weighted by atomic mass is 10.3. The Hall–Kier alpha value is -1.86. The van der Waals surface area contributed by atoms with Gasteiger partial charge < -0.3 is 10.6 Å². The number of thiophene rings is 1.